The number of halogens is 3. The summed E-state index contributed by atoms with van der Waals surface area (Å²) in [5, 5.41) is 13.4. The monoisotopic (exact) mass is 577 g/mol. The minimum atomic E-state index is -5.08. The molecule has 8 nitrogen and oxygen atoms in total. The number of nitrogens with zero attached hydrogens (tertiary/aromatic N) is 1. The van der Waals surface area contributed by atoms with Crippen LogP contribution in [0.5, 0.6) is 0 Å². The summed E-state index contributed by atoms with van der Waals surface area (Å²) < 4.78 is 55.3. The lowest BCUT2D eigenvalue weighted by molar-refractivity contribution is -0.192. The molecule has 0 aromatic heterocycles. The van der Waals surface area contributed by atoms with Gasteiger partial charge in [-0.15, -0.1) is 0 Å². The lowest BCUT2D eigenvalue weighted by Crippen LogP contribution is -2.42. The molecule has 3 N–H and O–H groups in total. The number of alkyl halides is 3. The second kappa shape index (κ2) is 13.6. The summed E-state index contributed by atoms with van der Waals surface area (Å²) in [5.74, 6) is -3.06. The van der Waals surface area contributed by atoms with E-state index in [-0.39, 0.29) is 10.8 Å². The molecule has 3 aromatic carbocycles. The Morgan fingerprint density at radius 1 is 0.925 bits per heavy atom. The number of aliphatic carboxylic acids is 1. The molecule has 3 aromatic rings. The fourth-order valence-corrected chi connectivity index (χ4v) is 4.66. The number of rotatable bonds is 7. The first-order valence-electron chi connectivity index (χ1n) is 12.3. The number of carboxylic acid groups (broad SMARTS) is 1. The Bertz CT molecular complexity index is 1440. The molecule has 1 aliphatic heterocycles. The van der Waals surface area contributed by atoms with Gasteiger partial charge in [0.1, 0.15) is 0 Å². The van der Waals surface area contributed by atoms with Gasteiger partial charge in [0, 0.05) is 51.1 Å². The van der Waals surface area contributed by atoms with Gasteiger partial charge in [-0.05, 0) is 52.6 Å². The molecule has 0 spiro atoms. The highest BCUT2D eigenvalue weighted by molar-refractivity contribution is 7.90. The number of sulfone groups is 1. The Kier molecular flexibility index (Phi) is 10.4. The van der Waals surface area contributed by atoms with Crippen LogP contribution in [0.15, 0.2) is 77.7 Å². The number of benzene rings is 3. The molecule has 1 amide bonds. The van der Waals surface area contributed by atoms with Crippen LogP contribution in [0.1, 0.15) is 21.5 Å². The van der Waals surface area contributed by atoms with Crippen molar-refractivity contribution in [2.75, 3.05) is 32.4 Å². The zero-order valence-electron chi connectivity index (χ0n) is 21.7. The molecule has 1 saturated heterocycles. The highest BCUT2D eigenvalue weighted by Crippen LogP contribution is 2.23. The summed E-state index contributed by atoms with van der Waals surface area (Å²) >= 11 is 0. The van der Waals surface area contributed by atoms with Crippen LogP contribution < -0.4 is 10.6 Å². The largest absolute Gasteiger partial charge is 0.490 e. The van der Waals surface area contributed by atoms with Crippen molar-refractivity contribution in [3.05, 3.63) is 89.5 Å². The number of carboxylic acids is 1. The van der Waals surface area contributed by atoms with E-state index in [1.807, 2.05) is 12.1 Å². The average molecular weight is 578 g/mol. The zero-order chi connectivity index (χ0) is 29.3. The Labute approximate surface area is 230 Å². The van der Waals surface area contributed by atoms with Gasteiger partial charge in [0.15, 0.2) is 9.84 Å². The Hall–Kier alpha value is -3.74. The van der Waals surface area contributed by atoms with Crippen LogP contribution in [-0.2, 0) is 27.7 Å². The van der Waals surface area contributed by atoms with Crippen molar-refractivity contribution in [3.63, 3.8) is 0 Å². The maximum atomic E-state index is 12.6. The summed E-state index contributed by atoms with van der Waals surface area (Å²) in [6, 6.07) is 22.8. The molecule has 4 rings (SSSR count). The number of piperazine rings is 1. The van der Waals surface area contributed by atoms with Gasteiger partial charge >= 0.3 is 12.1 Å². The lowest BCUT2D eigenvalue weighted by Gasteiger charge is -2.27. The van der Waals surface area contributed by atoms with E-state index in [0.717, 1.165) is 55.7 Å². The van der Waals surface area contributed by atoms with Crippen molar-refractivity contribution in [3.8, 4) is 11.1 Å². The van der Waals surface area contributed by atoms with Crippen LogP contribution in [0.3, 0.4) is 0 Å². The van der Waals surface area contributed by atoms with Gasteiger partial charge in [0.2, 0.25) is 0 Å². The molecule has 12 heteroatoms. The normalized spacial score (nSPS) is 14.1. The highest BCUT2D eigenvalue weighted by atomic mass is 32.2. The molecule has 1 fully saturated rings. The number of nitrogens with one attached hydrogen (secondary N) is 2. The Morgan fingerprint density at radius 3 is 2.05 bits per heavy atom. The van der Waals surface area contributed by atoms with Crippen LogP contribution in [0.2, 0.25) is 0 Å². The van der Waals surface area contributed by atoms with E-state index in [9.17, 15) is 26.4 Å². The van der Waals surface area contributed by atoms with Gasteiger partial charge in [-0.2, -0.15) is 13.2 Å². The average Bonchev–Trinajstić information content (AvgIpc) is 2.92. The molecule has 0 unspecified atom stereocenters. The molecule has 0 aliphatic carbocycles. The van der Waals surface area contributed by atoms with E-state index in [4.69, 9.17) is 9.90 Å². The molecule has 40 heavy (non-hydrogen) atoms. The zero-order valence-corrected chi connectivity index (χ0v) is 22.6. The summed E-state index contributed by atoms with van der Waals surface area (Å²) in [6.07, 6.45) is -3.95. The van der Waals surface area contributed by atoms with Crippen molar-refractivity contribution in [2.45, 2.75) is 24.2 Å². The molecule has 0 radical (unpaired) electrons. The van der Waals surface area contributed by atoms with Gasteiger partial charge in [-0.25, -0.2) is 13.2 Å². The summed E-state index contributed by atoms with van der Waals surface area (Å²) in [7, 11) is -3.36. The highest BCUT2D eigenvalue weighted by Gasteiger charge is 2.38. The first kappa shape index (κ1) is 30.8. The number of carbonyl (C=O) groups is 2. The van der Waals surface area contributed by atoms with Crippen molar-refractivity contribution >= 4 is 21.7 Å². The SMILES string of the molecule is CS(=O)(=O)c1cccc(C(=O)NCc2cccc(-c3cccc(CN4CCNCC4)c3)c2)c1.O=C(O)C(F)(F)F. The van der Waals surface area contributed by atoms with E-state index < -0.39 is 22.0 Å². The number of hydrogen-bond donors (Lipinski definition) is 3. The topological polar surface area (TPSA) is 116 Å². The second-order valence-corrected chi connectivity index (χ2v) is 11.2. The van der Waals surface area contributed by atoms with E-state index in [1.165, 1.54) is 17.7 Å². The van der Waals surface area contributed by atoms with Crippen LogP contribution in [-0.4, -0.2) is 68.9 Å². The van der Waals surface area contributed by atoms with Crippen molar-refractivity contribution in [1.82, 2.24) is 15.5 Å². The van der Waals surface area contributed by atoms with E-state index in [1.54, 1.807) is 12.1 Å². The van der Waals surface area contributed by atoms with Crippen LogP contribution in [0.4, 0.5) is 13.2 Å². The first-order valence-corrected chi connectivity index (χ1v) is 14.2. The quantitative estimate of drug-likeness (QED) is 0.392. The number of amides is 1. The van der Waals surface area contributed by atoms with Crippen molar-refractivity contribution < 1.29 is 36.3 Å². The third-order valence-corrected chi connectivity index (χ3v) is 7.13. The molecule has 1 heterocycles. The van der Waals surface area contributed by atoms with Crippen LogP contribution in [0.25, 0.3) is 11.1 Å². The second-order valence-electron chi connectivity index (χ2n) is 9.21. The van der Waals surface area contributed by atoms with Gasteiger partial charge in [0.25, 0.3) is 5.91 Å². The van der Waals surface area contributed by atoms with Gasteiger partial charge in [-0.3, -0.25) is 9.69 Å². The summed E-state index contributed by atoms with van der Waals surface area (Å²) in [6.45, 7) is 5.49. The van der Waals surface area contributed by atoms with E-state index in [2.05, 4.69) is 51.9 Å². The third-order valence-electron chi connectivity index (χ3n) is 6.02. The molecule has 0 saturated carbocycles. The van der Waals surface area contributed by atoms with Crippen molar-refractivity contribution in [2.24, 2.45) is 0 Å². The minimum Gasteiger partial charge on any atom is -0.475 e. The maximum absolute atomic E-state index is 12.6. The molecular formula is C28H30F3N3O5S. The summed E-state index contributed by atoms with van der Waals surface area (Å²) in [5.41, 5.74) is 4.85. The van der Waals surface area contributed by atoms with Crippen LogP contribution >= 0.6 is 0 Å². The molecule has 0 bridgehead atoms. The maximum Gasteiger partial charge on any atom is 0.490 e. The predicted octanol–water partition coefficient (Wildman–Crippen LogP) is 3.73. The van der Waals surface area contributed by atoms with Crippen LogP contribution in [0, 0.1) is 0 Å². The Morgan fingerprint density at radius 2 is 1.48 bits per heavy atom. The fraction of sp³-hybridized carbons (Fsp3) is 0.286. The van der Waals surface area contributed by atoms with E-state index in [0.29, 0.717) is 12.1 Å². The van der Waals surface area contributed by atoms with Gasteiger partial charge in [-0.1, -0.05) is 42.5 Å². The summed E-state index contributed by atoms with van der Waals surface area (Å²) in [4.78, 5) is 24.1. The number of hydrogen-bond acceptors (Lipinski definition) is 6. The lowest BCUT2D eigenvalue weighted by atomic mass is 10.0. The Balaban J connectivity index is 0.000000559. The molecular weight excluding hydrogens is 547 g/mol. The standard InChI is InChI=1S/C26H29N3O3S.C2HF3O2/c1-33(31,32)25-10-4-9-24(17-25)26(30)28-18-20-5-2-7-22(15-20)23-8-3-6-21(16-23)19-29-13-11-27-12-14-29;3-2(4,5)1(6)7/h2-10,15-17,27H,11-14,18-19H2,1H3,(H,28,30);(H,6,7). The first-order chi connectivity index (χ1) is 18.8. The molecule has 0 atom stereocenters. The smallest absolute Gasteiger partial charge is 0.475 e. The van der Waals surface area contributed by atoms with E-state index >= 15 is 0 Å². The fourth-order valence-electron chi connectivity index (χ4n) is 3.99. The molecule has 214 valence electrons. The van der Waals surface area contributed by atoms with Gasteiger partial charge in [0.05, 0.1) is 4.90 Å². The number of carbonyl (C=O) groups excluding carboxylic acids is 1. The van der Waals surface area contributed by atoms with Crippen molar-refractivity contribution in [1.29, 1.82) is 0 Å². The minimum absolute atomic E-state index is 0.137. The third kappa shape index (κ3) is 9.47. The molecule has 1 aliphatic rings. The van der Waals surface area contributed by atoms with Gasteiger partial charge < -0.3 is 15.7 Å². The predicted molar refractivity (Wildman–Crippen MR) is 144 cm³/mol.